The van der Waals surface area contributed by atoms with Crippen molar-refractivity contribution in [3.8, 4) is 80.2 Å². The molecule has 10 aromatic rings. The zero-order valence-corrected chi connectivity index (χ0v) is 55.0. The molecule has 10 heterocycles. The van der Waals surface area contributed by atoms with E-state index in [-0.39, 0.29) is 111 Å². The highest BCUT2D eigenvalue weighted by molar-refractivity contribution is 7.13. The van der Waals surface area contributed by atoms with Gasteiger partial charge in [-0.05, 0) is 72.0 Å². The number of aliphatic carboxylic acids is 1. The second-order valence-electron chi connectivity index (χ2n) is 23.0. The number of carbonyl (C=O) groups is 4. The lowest BCUT2D eigenvalue weighted by Crippen LogP contribution is -2.51. The minimum Gasteiger partial charge on any atom is -0.480 e. The van der Waals surface area contributed by atoms with Gasteiger partial charge in [0.05, 0.1) is 6.04 Å². The van der Waals surface area contributed by atoms with Crippen LogP contribution in [0, 0.1) is 32.6 Å². The SMILES string of the molecule is CC[C@H](C)C(NC(=O)c1nc(-c2nc(-c3csc(-c4nc(-c5csc([C@H](CCCN=C(N)N)N(C)C)n5)oc4C)n3)oc2C)oc1C)C(=O)N[C@H](c1nc(-c2nc(-c3nc(-c4nc(C5=N[C@H](C(=O)N[C@@H](Cc6ccccc6)C(=O)O)C(C)O5)co4)co3)co2)co1)[C@@H](C)CC. The summed E-state index contributed by atoms with van der Waals surface area (Å²) in [7, 11) is 4.00. The first-order valence-corrected chi connectivity index (χ1v) is 32.2. The molecule has 0 saturated heterocycles. The van der Waals surface area contributed by atoms with E-state index in [0.29, 0.717) is 58.9 Å². The second kappa shape index (κ2) is 28.4. The van der Waals surface area contributed by atoms with Gasteiger partial charge in [-0.3, -0.25) is 19.4 Å². The van der Waals surface area contributed by atoms with Gasteiger partial charge in [-0.1, -0.05) is 70.9 Å². The number of nitrogens with one attached hydrogen (secondary N) is 3. The lowest BCUT2D eigenvalue weighted by Gasteiger charge is -2.27. The third kappa shape index (κ3) is 14.7. The van der Waals surface area contributed by atoms with Gasteiger partial charge in [0.2, 0.25) is 58.9 Å². The smallest absolute Gasteiger partial charge is 0.326 e. The molecule has 0 aliphatic carbocycles. The van der Waals surface area contributed by atoms with Crippen LogP contribution >= 0.6 is 22.7 Å². The van der Waals surface area contributed by atoms with Crippen molar-refractivity contribution in [2.24, 2.45) is 33.3 Å². The van der Waals surface area contributed by atoms with Crippen LogP contribution in [0.1, 0.15) is 122 Å². The van der Waals surface area contributed by atoms with Crippen LogP contribution in [-0.4, -0.2) is 135 Å². The maximum absolute atomic E-state index is 14.4. The summed E-state index contributed by atoms with van der Waals surface area (Å²) in [5.41, 5.74) is 14.3. The van der Waals surface area contributed by atoms with E-state index in [1.165, 1.54) is 47.7 Å². The molecule has 0 radical (unpaired) electrons. The molecule has 30 nitrogen and oxygen atoms in total. The zero-order valence-electron chi connectivity index (χ0n) is 53.4. The van der Waals surface area contributed by atoms with Crippen LogP contribution in [-0.2, 0) is 25.5 Å². The molecular weight excluding hydrogens is 1270 g/mol. The van der Waals surface area contributed by atoms with Crippen LogP contribution in [0.5, 0.6) is 0 Å². The molecule has 8 N–H and O–H groups in total. The first-order valence-electron chi connectivity index (χ1n) is 30.5. The van der Waals surface area contributed by atoms with Crippen molar-refractivity contribution in [2.45, 2.75) is 124 Å². The number of amides is 3. The maximum Gasteiger partial charge on any atom is 0.326 e. The van der Waals surface area contributed by atoms with Crippen molar-refractivity contribution in [1.82, 2.24) is 65.7 Å². The Balaban J connectivity index is 0.718. The van der Waals surface area contributed by atoms with Crippen LogP contribution < -0.4 is 27.4 Å². The maximum atomic E-state index is 14.4. The van der Waals surface area contributed by atoms with Crippen LogP contribution in [0.2, 0.25) is 0 Å². The number of carboxylic acids is 1. The topological polar surface area (TPSA) is 422 Å². The Morgan fingerprint density at radius 3 is 1.93 bits per heavy atom. The number of hydrogen-bond donors (Lipinski definition) is 6. The average Bonchev–Trinajstić information content (AvgIpc) is 1.66. The molecule has 1 aliphatic rings. The highest BCUT2D eigenvalue weighted by Crippen LogP contribution is 2.38. The molecule has 9 aromatic heterocycles. The van der Waals surface area contributed by atoms with Crippen LogP contribution in [0.25, 0.3) is 80.2 Å². The molecule has 0 bridgehead atoms. The minimum absolute atomic E-state index is 0.0200. The molecule has 95 heavy (non-hydrogen) atoms. The Bertz CT molecular complexity index is 4430. The number of oxazole rings is 7. The summed E-state index contributed by atoms with van der Waals surface area (Å²) in [6, 6.07) is 4.97. The number of ether oxygens (including phenoxy) is 1. The van der Waals surface area contributed by atoms with Gasteiger partial charge in [0.1, 0.15) is 93.7 Å². The molecule has 2 unspecified atom stereocenters. The van der Waals surface area contributed by atoms with Gasteiger partial charge >= 0.3 is 5.97 Å². The summed E-state index contributed by atoms with van der Waals surface area (Å²) in [6.07, 6.45) is 7.32. The largest absolute Gasteiger partial charge is 0.480 e. The number of aryl methyl sites for hydroxylation is 3. The third-order valence-corrected chi connectivity index (χ3v) is 17.7. The number of aliphatic imine (C=N–C) groups is 2. The molecule has 1 aliphatic heterocycles. The number of carboxylic acid groups (broad SMARTS) is 1. The normalized spacial score (nSPS) is 15.8. The highest BCUT2D eigenvalue weighted by Gasteiger charge is 2.38. The Labute approximate surface area is 550 Å². The summed E-state index contributed by atoms with van der Waals surface area (Å²) >= 11 is 2.86. The standard InChI is InChI=1S/C63H69N17O13S2/c1-11-28(3)43(74-51(83)46-31(6)93-59(77-46)47-32(7)91-56(78-47)41-27-95-61(73-41)48-33(8)92-57(79-48)40-26-94-60(72-40)42(80(9)10)19-16-20-66-63(64)65)49(81)75-44(29(4)12-2)58-71-38(24-89-58)54-69-36(22-87-54)52-68-37(23-86-52)53-70-39(25-88-53)55-76-45(30(5)90-55)50(82)67-35(62(84)85)21-34-17-14-13-15-18-34/h13-15,17-18,22-30,35,42-45H,11-12,16,19-21H2,1-10H3,(H,67,82)(H,74,83)(H,75,81)(H,84,85)(H4,64,65,66)/t28-,29-,30?,35-,42-,43?,44-,45-/m0/s1. The summed E-state index contributed by atoms with van der Waals surface area (Å²) in [4.78, 5) is 107. The molecule has 496 valence electrons. The lowest BCUT2D eigenvalue weighted by atomic mass is 9.95. The van der Waals surface area contributed by atoms with Gasteiger partial charge in [0.25, 0.3) is 5.91 Å². The van der Waals surface area contributed by atoms with Crippen LogP contribution in [0.4, 0.5) is 0 Å². The van der Waals surface area contributed by atoms with E-state index in [1.807, 2.05) is 60.2 Å². The van der Waals surface area contributed by atoms with Crippen LogP contribution in [0.15, 0.2) is 107 Å². The fraction of sp³-hybridized carbons (Fsp3) is 0.381. The Hall–Kier alpha value is -10.5. The van der Waals surface area contributed by atoms with E-state index in [0.717, 1.165) is 23.4 Å². The Morgan fingerprint density at radius 2 is 1.27 bits per heavy atom. The zero-order chi connectivity index (χ0) is 67.4. The van der Waals surface area contributed by atoms with Gasteiger partial charge in [0, 0.05) is 23.7 Å². The van der Waals surface area contributed by atoms with E-state index >= 15 is 0 Å². The summed E-state index contributed by atoms with van der Waals surface area (Å²) in [5, 5.41) is 23.6. The van der Waals surface area contributed by atoms with Crippen molar-refractivity contribution < 1.29 is 59.9 Å². The Kier molecular flexibility index (Phi) is 19.7. The molecule has 11 rings (SSSR count). The predicted molar refractivity (Wildman–Crippen MR) is 345 cm³/mol. The van der Waals surface area contributed by atoms with Gasteiger partial charge < -0.3 is 73.1 Å². The number of guanidine groups is 1. The molecule has 0 spiro atoms. The van der Waals surface area contributed by atoms with E-state index in [4.69, 9.17) is 67.1 Å². The first kappa shape index (κ1) is 66.0. The number of carbonyl (C=O) groups excluding carboxylic acids is 3. The number of thiazole rings is 2. The Morgan fingerprint density at radius 1 is 0.674 bits per heavy atom. The first-order chi connectivity index (χ1) is 45.6. The van der Waals surface area contributed by atoms with Gasteiger partial charge in [-0.25, -0.2) is 54.6 Å². The van der Waals surface area contributed by atoms with Crippen molar-refractivity contribution in [3.63, 3.8) is 0 Å². The van der Waals surface area contributed by atoms with E-state index in [9.17, 15) is 24.3 Å². The molecular formula is C63H69N17O13S2. The monoisotopic (exact) mass is 1340 g/mol. The number of rotatable bonds is 28. The lowest BCUT2D eigenvalue weighted by molar-refractivity contribution is -0.142. The third-order valence-electron chi connectivity index (χ3n) is 15.9. The number of hydrogen-bond acceptors (Lipinski definition) is 26. The highest BCUT2D eigenvalue weighted by atomic mass is 32.1. The molecule has 0 fully saturated rings. The molecule has 1 aromatic carbocycles. The predicted octanol–water partition coefficient (Wildman–Crippen LogP) is 9.16. The molecule has 3 amide bonds. The van der Waals surface area contributed by atoms with E-state index in [1.54, 1.807) is 50.4 Å². The number of aromatic nitrogens is 9. The second-order valence-corrected chi connectivity index (χ2v) is 24.7. The average molecular weight is 1340 g/mol. The van der Waals surface area contributed by atoms with Crippen molar-refractivity contribution in [1.29, 1.82) is 0 Å². The minimum atomic E-state index is -1.19. The van der Waals surface area contributed by atoms with E-state index < -0.39 is 54.0 Å². The van der Waals surface area contributed by atoms with Crippen LogP contribution in [0.3, 0.4) is 0 Å². The fourth-order valence-electron chi connectivity index (χ4n) is 10.3. The van der Waals surface area contributed by atoms with Crippen molar-refractivity contribution in [2.75, 3.05) is 20.6 Å². The molecule has 0 saturated carbocycles. The fourth-order valence-corrected chi connectivity index (χ4v) is 12.1. The number of benzene rings is 1. The van der Waals surface area contributed by atoms with Gasteiger partial charge in [-0.2, -0.15) is 0 Å². The summed E-state index contributed by atoms with van der Waals surface area (Å²) in [6.45, 7) is 14.9. The van der Waals surface area contributed by atoms with Gasteiger partial charge in [0.15, 0.2) is 46.2 Å². The summed E-state index contributed by atoms with van der Waals surface area (Å²) in [5.74, 6) is -1.39. The van der Waals surface area contributed by atoms with E-state index in [2.05, 4.69) is 55.8 Å². The molecule has 32 heteroatoms. The van der Waals surface area contributed by atoms with Crippen molar-refractivity contribution >= 4 is 58.2 Å². The van der Waals surface area contributed by atoms with Gasteiger partial charge in [-0.15, -0.1) is 22.7 Å². The quantitative estimate of drug-likeness (QED) is 0.0151. The van der Waals surface area contributed by atoms with Crippen molar-refractivity contribution in [3.05, 3.63) is 111 Å². The number of nitrogens with zero attached hydrogens (tertiary/aromatic N) is 12. The summed E-state index contributed by atoms with van der Waals surface area (Å²) < 4.78 is 47.4. The molecule has 8 atom stereocenters. The number of nitrogens with two attached hydrogens (primary N) is 2.